The van der Waals surface area contributed by atoms with E-state index in [1.165, 1.54) is 17.7 Å². The quantitative estimate of drug-likeness (QED) is 0.428. The highest BCUT2D eigenvalue weighted by molar-refractivity contribution is 14.1. The number of benzene rings is 3. The van der Waals surface area contributed by atoms with Crippen molar-refractivity contribution in [2.75, 3.05) is 12.4 Å². The van der Waals surface area contributed by atoms with Crippen LogP contribution in [-0.2, 0) is 13.2 Å². The first-order chi connectivity index (χ1) is 13.1. The topological polar surface area (TPSA) is 30.5 Å². The Morgan fingerprint density at radius 2 is 1.74 bits per heavy atom. The van der Waals surface area contributed by atoms with Crippen LogP contribution in [-0.4, -0.2) is 7.11 Å². The van der Waals surface area contributed by atoms with Gasteiger partial charge in [0.15, 0.2) is 11.5 Å². The van der Waals surface area contributed by atoms with Crippen LogP contribution in [0.1, 0.15) is 16.7 Å². The summed E-state index contributed by atoms with van der Waals surface area (Å²) in [5.74, 6) is 1.13. The van der Waals surface area contributed by atoms with Gasteiger partial charge in [-0.25, -0.2) is 4.39 Å². The summed E-state index contributed by atoms with van der Waals surface area (Å²) < 4.78 is 25.5. The summed E-state index contributed by atoms with van der Waals surface area (Å²) in [6.07, 6.45) is 0. The fourth-order valence-electron chi connectivity index (χ4n) is 2.72. The number of aryl methyl sites for hydroxylation is 1. The predicted octanol–water partition coefficient (Wildman–Crippen LogP) is 5.94. The Labute approximate surface area is 172 Å². The van der Waals surface area contributed by atoms with E-state index in [2.05, 4.69) is 53.0 Å². The Morgan fingerprint density at radius 3 is 2.44 bits per heavy atom. The minimum absolute atomic E-state index is 0.253. The highest BCUT2D eigenvalue weighted by Crippen LogP contribution is 2.35. The van der Waals surface area contributed by atoms with Gasteiger partial charge in [-0.1, -0.05) is 30.3 Å². The van der Waals surface area contributed by atoms with E-state index < -0.39 is 0 Å². The molecule has 0 saturated carbocycles. The van der Waals surface area contributed by atoms with Crippen molar-refractivity contribution in [3.8, 4) is 11.5 Å². The summed E-state index contributed by atoms with van der Waals surface area (Å²) in [7, 11) is 1.63. The smallest absolute Gasteiger partial charge is 0.174 e. The minimum Gasteiger partial charge on any atom is -0.493 e. The van der Waals surface area contributed by atoms with Crippen LogP contribution in [0.4, 0.5) is 10.1 Å². The summed E-state index contributed by atoms with van der Waals surface area (Å²) in [6, 6.07) is 18.6. The molecule has 0 saturated heterocycles. The molecule has 1 N–H and O–H groups in total. The van der Waals surface area contributed by atoms with E-state index in [9.17, 15) is 4.39 Å². The van der Waals surface area contributed by atoms with Crippen LogP contribution in [0, 0.1) is 16.3 Å². The van der Waals surface area contributed by atoms with E-state index in [0.717, 1.165) is 20.4 Å². The monoisotopic (exact) mass is 477 g/mol. The lowest BCUT2D eigenvalue weighted by atomic mass is 10.1. The van der Waals surface area contributed by atoms with E-state index in [4.69, 9.17) is 9.47 Å². The number of nitrogens with one attached hydrogen (secondary N) is 1. The van der Waals surface area contributed by atoms with Gasteiger partial charge in [0.25, 0.3) is 0 Å². The Bertz CT molecular complexity index is 913. The Hall–Kier alpha value is -2.28. The molecule has 140 valence electrons. The molecule has 3 nitrogen and oxygen atoms in total. The van der Waals surface area contributed by atoms with Gasteiger partial charge in [-0.2, -0.15) is 0 Å². The molecule has 27 heavy (non-hydrogen) atoms. The van der Waals surface area contributed by atoms with Crippen molar-refractivity contribution < 1.29 is 13.9 Å². The maximum absolute atomic E-state index is 13.0. The van der Waals surface area contributed by atoms with Crippen molar-refractivity contribution >= 4 is 28.3 Å². The number of rotatable bonds is 7. The Balaban J connectivity index is 1.72. The van der Waals surface area contributed by atoms with Crippen LogP contribution in [0.5, 0.6) is 11.5 Å². The van der Waals surface area contributed by atoms with Crippen LogP contribution in [0.2, 0.25) is 0 Å². The van der Waals surface area contributed by atoms with E-state index in [1.54, 1.807) is 19.2 Å². The largest absolute Gasteiger partial charge is 0.493 e. The maximum Gasteiger partial charge on any atom is 0.174 e. The van der Waals surface area contributed by atoms with Crippen molar-refractivity contribution in [1.29, 1.82) is 0 Å². The average Bonchev–Trinajstić information content (AvgIpc) is 2.67. The lowest BCUT2D eigenvalue weighted by Gasteiger charge is -2.16. The Kier molecular flexibility index (Phi) is 6.55. The van der Waals surface area contributed by atoms with Gasteiger partial charge in [0, 0.05) is 12.2 Å². The van der Waals surface area contributed by atoms with Gasteiger partial charge in [0.05, 0.1) is 10.7 Å². The molecule has 0 fully saturated rings. The first-order valence-corrected chi connectivity index (χ1v) is 9.68. The first kappa shape index (κ1) is 19.5. The first-order valence-electron chi connectivity index (χ1n) is 8.60. The van der Waals surface area contributed by atoms with E-state index in [-0.39, 0.29) is 5.82 Å². The van der Waals surface area contributed by atoms with Gasteiger partial charge in [0.2, 0.25) is 0 Å². The highest BCUT2D eigenvalue weighted by atomic mass is 127. The van der Waals surface area contributed by atoms with Gasteiger partial charge in [-0.15, -0.1) is 0 Å². The van der Waals surface area contributed by atoms with Crippen molar-refractivity contribution in [1.82, 2.24) is 0 Å². The molecular formula is C22H21FINO2. The van der Waals surface area contributed by atoms with Crippen LogP contribution in [0.3, 0.4) is 0 Å². The molecule has 0 amide bonds. The van der Waals surface area contributed by atoms with Gasteiger partial charge in [-0.3, -0.25) is 0 Å². The van der Waals surface area contributed by atoms with E-state index in [1.807, 2.05) is 18.2 Å². The number of para-hydroxylation sites is 1. The maximum atomic E-state index is 13.0. The molecule has 0 heterocycles. The number of hydrogen-bond donors (Lipinski definition) is 1. The van der Waals surface area contributed by atoms with Crippen LogP contribution < -0.4 is 14.8 Å². The Morgan fingerprint density at radius 1 is 1.00 bits per heavy atom. The van der Waals surface area contributed by atoms with Crippen molar-refractivity contribution in [3.05, 3.63) is 86.7 Å². The van der Waals surface area contributed by atoms with E-state index >= 15 is 0 Å². The standard InChI is InChI=1S/C22H21FINO2/c1-15-5-3-4-6-20(15)25-13-17-11-19(24)22(21(12-17)26-2)27-14-16-7-9-18(23)10-8-16/h3-12,25H,13-14H2,1-2H3. The fourth-order valence-corrected chi connectivity index (χ4v) is 3.54. The van der Waals surface area contributed by atoms with Crippen LogP contribution >= 0.6 is 22.6 Å². The van der Waals surface area contributed by atoms with Crippen molar-refractivity contribution in [3.63, 3.8) is 0 Å². The molecule has 0 aliphatic carbocycles. The third-order valence-corrected chi connectivity index (χ3v) is 5.01. The molecule has 0 aliphatic heterocycles. The normalized spacial score (nSPS) is 10.5. The SMILES string of the molecule is COc1cc(CNc2ccccc2C)cc(I)c1OCc1ccc(F)cc1. The summed E-state index contributed by atoms with van der Waals surface area (Å²) >= 11 is 2.25. The lowest BCUT2D eigenvalue weighted by Crippen LogP contribution is -2.04. The third-order valence-electron chi connectivity index (χ3n) is 4.21. The lowest BCUT2D eigenvalue weighted by molar-refractivity contribution is 0.282. The minimum atomic E-state index is -0.253. The second-order valence-electron chi connectivity index (χ2n) is 6.19. The van der Waals surface area contributed by atoms with Gasteiger partial charge >= 0.3 is 0 Å². The summed E-state index contributed by atoms with van der Waals surface area (Å²) in [4.78, 5) is 0. The number of ether oxygens (including phenoxy) is 2. The zero-order valence-electron chi connectivity index (χ0n) is 15.3. The fraction of sp³-hybridized carbons (Fsp3) is 0.182. The van der Waals surface area contributed by atoms with Crippen molar-refractivity contribution in [2.45, 2.75) is 20.1 Å². The second kappa shape index (κ2) is 9.08. The molecule has 5 heteroatoms. The molecule has 0 radical (unpaired) electrons. The number of halogens is 2. The molecule has 0 spiro atoms. The molecule has 0 aliphatic rings. The zero-order valence-corrected chi connectivity index (χ0v) is 17.4. The van der Waals surface area contributed by atoms with E-state index in [0.29, 0.717) is 24.7 Å². The summed E-state index contributed by atoms with van der Waals surface area (Å²) in [6.45, 7) is 3.13. The second-order valence-corrected chi connectivity index (χ2v) is 7.35. The number of methoxy groups -OCH3 is 1. The average molecular weight is 477 g/mol. The van der Waals surface area contributed by atoms with Crippen LogP contribution in [0.25, 0.3) is 0 Å². The summed E-state index contributed by atoms with van der Waals surface area (Å²) in [5, 5.41) is 3.46. The van der Waals surface area contributed by atoms with Gasteiger partial charge in [-0.05, 0) is 76.5 Å². The number of hydrogen-bond acceptors (Lipinski definition) is 3. The molecule has 3 aromatic rings. The molecule has 0 atom stereocenters. The van der Waals surface area contributed by atoms with Gasteiger partial charge < -0.3 is 14.8 Å². The highest BCUT2D eigenvalue weighted by Gasteiger charge is 2.12. The van der Waals surface area contributed by atoms with Crippen LogP contribution in [0.15, 0.2) is 60.7 Å². The summed E-state index contributed by atoms with van der Waals surface area (Å²) in [5.41, 5.74) is 4.33. The van der Waals surface area contributed by atoms with Gasteiger partial charge in [0.1, 0.15) is 12.4 Å². The molecule has 0 unspecified atom stereocenters. The molecule has 0 aromatic heterocycles. The molecular weight excluding hydrogens is 456 g/mol. The molecule has 0 bridgehead atoms. The third kappa shape index (κ3) is 5.13. The zero-order chi connectivity index (χ0) is 19.2. The predicted molar refractivity (Wildman–Crippen MR) is 115 cm³/mol. The molecule has 3 rings (SSSR count). The number of anilines is 1. The van der Waals surface area contributed by atoms with Crippen molar-refractivity contribution in [2.24, 2.45) is 0 Å². The molecule has 3 aromatic carbocycles.